The number of rotatable bonds is 6. The number of nitrogens with two attached hydrogens (primary N) is 1. The van der Waals surface area contributed by atoms with Gasteiger partial charge < -0.3 is 10.8 Å². The highest BCUT2D eigenvalue weighted by Crippen LogP contribution is 2.36. The van der Waals surface area contributed by atoms with Crippen molar-refractivity contribution in [1.82, 2.24) is 0 Å². The number of aliphatic hydroxyl groups is 1. The van der Waals surface area contributed by atoms with E-state index >= 15 is 0 Å². The third-order valence-electron chi connectivity index (χ3n) is 3.76. The fraction of sp³-hybridized carbons (Fsp3) is 0.571. The highest BCUT2D eigenvalue weighted by Gasteiger charge is 2.35. The van der Waals surface area contributed by atoms with Crippen LogP contribution in [-0.4, -0.2) is 17.8 Å². The van der Waals surface area contributed by atoms with Crippen LogP contribution in [0.4, 0.5) is 0 Å². The lowest BCUT2D eigenvalue weighted by molar-refractivity contribution is 0.206. The lowest BCUT2D eigenvalue weighted by Gasteiger charge is -2.38. The van der Waals surface area contributed by atoms with Crippen molar-refractivity contribution in [3.05, 3.63) is 34.3 Å². The van der Waals surface area contributed by atoms with Gasteiger partial charge in [0.1, 0.15) is 0 Å². The van der Waals surface area contributed by atoms with Gasteiger partial charge in [-0.3, -0.25) is 0 Å². The number of aliphatic hydroxyl groups excluding tert-OH is 1. The highest BCUT2D eigenvalue weighted by molar-refractivity contribution is 9.10. The molecule has 3 heteroatoms. The molecule has 2 nitrogen and oxygen atoms in total. The van der Waals surface area contributed by atoms with Gasteiger partial charge in [0.25, 0.3) is 0 Å². The maximum absolute atomic E-state index is 9.33. The van der Waals surface area contributed by atoms with Crippen molar-refractivity contribution >= 4 is 15.9 Å². The molecular weight excluding hydrogens is 278 g/mol. The molecule has 1 rings (SSSR count). The molecule has 0 saturated heterocycles. The van der Waals surface area contributed by atoms with E-state index in [4.69, 9.17) is 5.73 Å². The predicted octanol–water partition coefficient (Wildman–Crippen LogP) is 3.22. The molecule has 96 valence electrons. The molecule has 0 fully saturated rings. The zero-order valence-electron chi connectivity index (χ0n) is 10.6. The number of hydrogen-bond acceptors (Lipinski definition) is 2. The Morgan fingerprint density at radius 2 is 1.88 bits per heavy atom. The van der Waals surface area contributed by atoms with Crippen LogP contribution < -0.4 is 5.73 Å². The molecule has 0 bridgehead atoms. The largest absolute Gasteiger partial charge is 0.396 e. The van der Waals surface area contributed by atoms with Gasteiger partial charge in [-0.2, -0.15) is 0 Å². The monoisotopic (exact) mass is 299 g/mol. The second-order valence-corrected chi connectivity index (χ2v) is 5.42. The molecule has 0 heterocycles. The third kappa shape index (κ3) is 3.09. The highest BCUT2D eigenvalue weighted by atomic mass is 79.9. The van der Waals surface area contributed by atoms with E-state index in [2.05, 4.69) is 41.9 Å². The molecule has 1 aromatic rings. The van der Waals surface area contributed by atoms with E-state index in [9.17, 15) is 5.11 Å². The summed E-state index contributed by atoms with van der Waals surface area (Å²) in [6.45, 7) is 4.43. The van der Waals surface area contributed by atoms with Gasteiger partial charge in [-0.1, -0.05) is 41.9 Å². The van der Waals surface area contributed by atoms with Crippen LogP contribution in [0.15, 0.2) is 28.7 Å². The quantitative estimate of drug-likeness (QED) is 0.847. The summed E-state index contributed by atoms with van der Waals surface area (Å²) in [7, 11) is 0. The Morgan fingerprint density at radius 3 is 2.29 bits per heavy atom. The summed E-state index contributed by atoms with van der Waals surface area (Å²) in [6, 6.07) is 8.39. The SMILES string of the molecule is CCC(N)C(CC)(CCO)c1ccc(Br)cc1. The minimum atomic E-state index is -0.107. The molecular formula is C14H22BrNO. The van der Waals surface area contributed by atoms with E-state index in [1.54, 1.807) is 0 Å². The molecule has 0 radical (unpaired) electrons. The minimum absolute atomic E-state index is 0.0841. The zero-order valence-corrected chi connectivity index (χ0v) is 12.2. The fourth-order valence-electron chi connectivity index (χ4n) is 2.56. The number of halogens is 1. The Morgan fingerprint density at radius 1 is 1.29 bits per heavy atom. The molecule has 2 unspecified atom stereocenters. The lowest BCUT2D eigenvalue weighted by Crippen LogP contribution is -2.45. The second kappa shape index (κ2) is 6.53. The second-order valence-electron chi connectivity index (χ2n) is 4.50. The van der Waals surface area contributed by atoms with Crippen LogP contribution in [0.3, 0.4) is 0 Å². The fourth-order valence-corrected chi connectivity index (χ4v) is 2.82. The topological polar surface area (TPSA) is 46.2 Å². The van der Waals surface area contributed by atoms with Gasteiger partial charge in [-0.15, -0.1) is 0 Å². The molecule has 0 amide bonds. The summed E-state index contributed by atoms with van der Waals surface area (Å²) in [6.07, 6.45) is 2.59. The molecule has 0 aliphatic carbocycles. The first-order chi connectivity index (χ1) is 8.10. The van der Waals surface area contributed by atoms with Gasteiger partial charge in [-0.25, -0.2) is 0 Å². The van der Waals surface area contributed by atoms with Crippen LogP contribution in [0.5, 0.6) is 0 Å². The average Bonchev–Trinajstić information content (AvgIpc) is 2.36. The van der Waals surface area contributed by atoms with E-state index in [1.165, 1.54) is 5.56 Å². The molecule has 2 atom stereocenters. The molecule has 0 aromatic heterocycles. The molecule has 1 aromatic carbocycles. The first-order valence-electron chi connectivity index (χ1n) is 6.23. The lowest BCUT2D eigenvalue weighted by atomic mass is 9.69. The van der Waals surface area contributed by atoms with Crippen LogP contribution in [0.1, 0.15) is 38.7 Å². The minimum Gasteiger partial charge on any atom is -0.396 e. The summed E-state index contributed by atoms with van der Waals surface area (Å²) >= 11 is 3.45. The first kappa shape index (κ1) is 14.7. The molecule has 3 N–H and O–H groups in total. The standard InChI is InChI=1S/C14H22BrNO/c1-3-13(16)14(4-2,9-10-17)11-5-7-12(15)8-6-11/h5-8,13,17H,3-4,9-10,16H2,1-2H3. The van der Waals surface area contributed by atoms with Crippen molar-refractivity contribution in [3.8, 4) is 0 Å². The van der Waals surface area contributed by atoms with Crippen molar-refractivity contribution in [2.75, 3.05) is 6.61 Å². The van der Waals surface area contributed by atoms with Crippen LogP contribution in [0, 0.1) is 0 Å². The molecule has 17 heavy (non-hydrogen) atoms. The smallest absolute Gasteiger partial charge is 0.0440 e. The van der Waals surface area contributed by atoms with Gasteiger partial charge in [0.05, 0.1) is 0 Å². The Hall–Kier alpha value is -0.380. The van der Waals surface area contributed by atoms with Crippen molar-refractivity contribution in [3.63, 3.8) is 0 Å². The van der Waals surface area contributed by atoms with Crippen LogP contribution >= 0.6 is 15.9 Å². The van der Waals surface area contributed by atoms with Gasteiger partial charge in [-0.05, 0) is 37.0 Å². The molecule has 0 aliphatic heterocycles. The van der Waals surface area contributed by atoms with Crippen LogP contribution in [0.2, 0.25) is 0 Å². The van der Waals surface area contributed by atoms with Gasteiger partial charge >= 0.3 is 0 Å². The molecule has 0 spiro atoms. The maximum atomic E-state index is 9.33. The first-order valence-corrected chi connectivity index (χ1v) is 7.02. The van der Waals surface area contributed by atoms with Crippen molar-refractivity contribution in [1.29, 1.82) is 0 Å². The summed E-state index contributed by atoms with van der Waals surface area (Å²) in [5, 5.41) is 9.33. The van der Waals surface area contributed by atoms with Crippen LogP contribution in [-0.2, 0) is 5.41 Å². The predicted molar refractivity (Wildman–Crippen MR) is 76.1 cm³/mol. The van der Waals surface area contributed by atoms with Crippen LogP contribution in [0.25, 0.3) is 0 Å². The zero-order chi connectivity index (χ0) is 12.9. The van der Waals surface area contributed by atoms with Gasteiger partial charge in [0, 0.05) is 22.5 Å². The molecule has 0 aliphatic rings. The van der Waals surface area contributed by atoms with E-state index in [0.717, 1.165) is 23.7 Å². The number of benzene rings is 1. The normalized spacial score (nSPS) is 16.5. The summed E-state index contributed by atoms with van der Waals surface area (Å²) in [4.78, 5) is 0. The Labute approximate surface area is 112 Å². The number of hydrogen-bond donors (Lipinski definition) is 2. The van der Waals surface area contributed by atoms with E-state index in [-0.39, 0.29) is 18.1 Å². The average molecular weight is 300 g/mol. The third-order valence-corrected chi connectivity index (χ3v) is 4.29. The van der Waals surface area contributed by atoms with E-state index < -0.39 is 0 Å². The van der Waals surface area contributed by atoms with Crippen molar-refractivity contribution in [2.45, 2.75) is 44.6 Å². The van der Waals surface area contributed by atoms with E-state index in [0.29, 0.717) is 0 Å². The van der Waals surface area contributed by atoms with Crippen molar-refractivity contribution < 1.29 is 5.11 Å². The maximum Gasteiger partial charge on any atom is 0.0440 e. The van der Waals surface area contributed by atoms with Gasteiger partial charge in [0.2, 0.25) is 0 Å². The van der Waals surface area contributed by atoms with Crippen molar-refractivity contribution in [2.24, 2.45) is 5.73 Å². The Balaban J connectivity index is 3.16. The Kier molecular flexibility index (Phi) is 5.63. The summed E-state index contributed by atoms with van der Waals surface area (Å²) < 4.78 is 1.07. The van der Waals surface area contributed by atoms with E-state index in [1.807, 2.05) is 12.1 Å². The summed E-state index contributed by atoms with van der Waals surface area (Å²) in [5.74, 6) is 0. The summed E-state index contributed by atoms with van der Waals surface area (Å²) in [5.41, 5.74) is 7.42. The Bertz CT molecular complexity index is 339. The molecule has 0 saturated carbocycles. The van der Waals surface area contributed by atoms with Gasteiger partial charge in [0.15, 0.2) is 0 Å².